The summed E-state index contributed by atoms with van der Waals surface area (Å²) in [6, 6.07) is 3.08. The molecule has 1 aliphatic rings. The number of nitrogens with zero attached hydrogens (tertiary/aromatic N) is 1. The molecule has 0 saturated carbocycles. The highest BCUT2D eigenvalue weighted by atomic mass is 35.5. The molecule has 0 N–H and O–H groups in total. The molecule has 4 nitrogen and oxygen atoms in total. The first-order chi connectivity index (χ1) is 8.04. The van der Waals surface area contributed by atoms with Gasteiger partial charge in [-0.05, 0) is 12.1 Å². The van der Waals surface area contributed by atoms with Gasteiger partial charge >= 0.3 is 0 Å². The van der Waals surface area contributed by atoms with Crippen LogP contribution in [0.4, 0.5) is 5.69 Å². The molecule has 1 amide bonds. The standard InChI is InChI=1S/C11H9Cl2NO3/c1-14-8-3-6(13)2-7(9(15)4-12)11(8)17-5-10(14)16/h2-3H,4-5H2,1H3. The summed E-state index contributed by atoms with van der Waals surface area (Å²) in [5, 5.41) is 0.363. The van der Waals surface area contributed by atoms with Crippen molar-refractivity contribution >= 4 is 40.6 Å². The normalized spacial score (nSPS) is 14.3. The fourth-order valence-corrected chi connectivity index (χ4v) is 1.98. The third-order valence-corrected chi connectivity index (χ3v) is 2.99. The van der Waals surface area contributed by atoms with Gasteiger partial charge in [-0.1, -0.05) is 11.6 Å². The lowest BCUT2D eigenvalue weighted by Gasteiger charge is -2.27. The van der Waals surface area contributed by atoms with Crippen LogP contribution in [0.2, 0.25) is 5.02 Å². The van der Waals surface area contributed by atoms with E-state index in [2.05, 4.69) is 0 Å². The fourth-order valence-electron chi connectivity index (χ4n) is 1.62. The predicted molar refractivity (Wildman–Crippen MR) is 65.4 cm³/mol. The van der Waals surface area contributed by atoms with Crippen molar-refractivity contribution in [3.05, 3.63) is 22.7 Å². The zero-order chi connectivity index (χ0) is 12.6. The summed E-state index contributed by atoms with van der Waals surface area (Å²) >= 11 is 11.4. The van der Waals surface area contributed by atoms with Crippen molar-refractivity contribution in [3.63, 3.8) is 0 Å². The van der Waals surface area contributed by atoms with E-state index in [0.717, 1.165) is 0 Å². The Balaban J connectivity index is 2.60. The van der Waals surface area contributed by atoms with Crippen molar-refractivity contribution < 1.29 is 14.3 Å². The maximum Gasteiger partial charge on any atom is 0.264 e. The van der Waals surface area contributed by atoms with Crippen molar-refractivity contribution in [1.82, 2.24) is 0 Å². The average molecular weight is 274 g/mol. The number of alkyl halides is 1. The molecule has 0 aromatic heterocycles. The summed E-state index contributed by atoms with van der Waals surface area (Å²) in [5.41, 5.74) is 0.795. The number of carbonyl (C=O) groups is 2. The number of ether oxygens (including phenoxy) is 1. The van der Waals surface area contributed by atoms with Crippen LogP contribution in [0, 0.1) is 0 Å². The van der Waals surface area contributed by atoms with E-state index in [0.29, 0.717) is 22.0 Å². The minimum Gasteiger partial charge on any atom is -0.481 e. The molecule has 90 valence electrons. The Morgan fingerprint density at radius 3 is 2.88 bits per heavy atom. The molecular weight excluding hydrogens is 265 g/mol. The smallest absolute Gasteiger partial charge is 0.264 e. The Hall–Kier alpha value is -1.26. The summed E-state index contributed by atoms with van der Waals surface area (Å²) < 4.78 is 5.29. The second-order valence-electron chi connectivity index (χ2n) is 3.60. The van der Waals surface area contributed by atoms with Crippen LogP contribution in [0.1, 0.15) is 10.4 Å². The van der Waals surface area contributed by atoms with Gasteiger partial charge in [-0.3, -0.25) is 9.59 Å². The minimum atomic E-state index is -0.284. The number of halogens is 2. The topological polar surface area (TPSA) is 46.6 Å². The van der Waals surface area contributed by atoms with E-state index in [-0.39, 0.29) is 24.2 Å². The molecule has 0 fully saturated rings. The van der Waals surface area contributed by atoms with Crippen LogP contribution in [0.5, 0.6) is 5.75 Å². The molecule has 0 radical (unpaired) electrons. The predicted octanol–water partition coefficient (Wildman–Crippen LogP) is 2.12. The highest BCUT2D eigenvalue weighted by molar-refractivity contribution is 6.33. The number of carbonyl (C=O) groups excluding carboxylic acids is 2. The molecule has 6 heteroatoms. The average Bonchev–Trinajstić information content (AvgIpc) is 2.32. The number of benzene rings is 1. The lowest BCUT2D eigenvalue weighted by Crippen LogP contribution is -2.36. The molecule has 1 aliphatic heterocycles. The molecule has 1 heterocycles. The van der Waals surface area contributed by atoms with E-state index in [4.69, 9.17) is 27.9 Å². The largest absolute Gasteiger partial charge is 0.481 e. The maximum atomic E-state index is 11.7. The van der Waals surface area contributed by atoms with Gasteiger partial charge in [0.05, 0.1) is 17.1 Å². The van der Waals surface area contributed by atoms with Crippen LogP contribution < -0.4 is 9.64 Å². The van der Waals surface area contributed by atoms with Crippen LogP contribution in [0.15, 0.2) is 12.1 Å². The number of rotatable bonds is 2. The van der Waals surface area contributed by atoms with Gasteiger partial charge < -0.3 is 9.64 Å². The number of amides is 1. The lowest BCUT2D eigenvalue weighted by atomic mass is 10.1. The van der Waals surface area contributed by atoms with Gasteiger partial charge in [0.1, 0.15) is 0 Å². The van der Waals surface area contributed by atoms with Gasteiger partial charge in [-0.2, -0.15) is 0 Å². The lowest BCUT2D eigenvalue weighted by molar-refractivity contribution is -0.121. The van der Waals surface area contributed by atoms with E-state index in [1.165, 1.54) is 11.0 Å². The van der Waals surface area contributed by atoms with Gasteiger partial charge in [0, 0.05) is 12.1 Å². The van der Waals surface area contributed by atoms with E-state index in [1.54, 1.807) is 13.1 Å². The van der Waals surface area contributed by atoms with Crippen LogP contribution >= 0.6 is 23.2 Å². The molecule has 0 bridgehead atoms. The van der Waals surface area contributed by atoms with Crippen LogP contribution in [-0.4, -0.2) is 31.2 Å². The van der Waals surface area contributed by atoms with Gasteiger partial charge in [0.15, 0.2) is 18.1 Å². The molecule has 17 heavy (non-hydrogen) atoms. The zero-order valence-electron chi connectivity index (χ0n) is 9.00. The summed E-state index contributed by atoms with van der Waals surface area (Å²) in [5.74, 6) is -0.271. The number of Topliss-reactive ketones (excluding diaryl/α,β-unsaturated/α-hetero) is 1. The Morgan fingerprint density at radius 1 is 1.53 bits per heavy atom. The molecule has 0 spiro atoms. The van der Waals surface area contributed by atoms with Crippen molar-refractivity contribution in [2.24, 2.45) is 0 Å². The second-order valence-corrected chi connectivity index (χ2v) is 4.30. The van der Waals surface area contributed by atoms with Gasteiger partial charge in [-0.15, -0.1) is 11.6 Å². The third-order valence-electron chi connectivity index (χ3n) is 2.53. The molecule has 1 aromatic carbocycles. The summed E-state index contributed by atoms with van der Waals surface area (Å²) in [7, 11) is 1.61. The number of likely N-dealkylation sites (N-methyl/N-ethyl adjacent to an activating group) is 1. The first-order valence-corrected chi connectivity index (χ1v) is 5.78. The number of ketones is 1. The number of fused-ring (bicyclic) bond motifs is 1. The van der Waals surface area contributed by atoms with Crippen molar-refractivity contribution in [3.8, 4) is 5.75 Å². The van der Waals surface area contributed by atoms with Crippen molar-refractivity contribution in [1.29, 1.82) is 0 Å². The fraction of sp³-hybridized carbons (Fsp3) is 0.273. The Labute approximate surface area is 108 Å². The molecule has 0 atom stereocenters. The maximum absolute atomic E-state index is 11.7. The van der Waals surface area contributed by atoms with E-state index in [9.17, 15) is 9.59 Å². The highest BCUT2D eigenvalue weighted by Crippen LogP contribution is 2.37. The van der Waals surface area contributed by atoms with Crippen molar-refractivity contribution in [2.45, 2.75) is 0 Å². The monoisotopic (exact) mass is 273 g/mol. The number of hydrogen-bond donors (Lipinski definition) is 0. The Kier molecular flexibility index (Phi) is 3.26. The molecule has 0 unspecified atom stereocenters. The first-order valence-electron chi connectivity index (χ1n) is 4.86. The Morgan fingerprint density at radius 2 is 2.24 bits per heavy atom. The first kappa shape index (κ1) is 12.2. The van der Waals surface area contributed by atoms with Gasteiger partial charge in [0.25, 0.3) is 5.91 Å². The van der Waals surface area contributed by atoms with Crippen LogP contribution in [0.3, 0.4) is 0 Å². The SMILES string of the molecule is CN1C(=O)COc2c(C(=O)CCl)cc(Cl)cc21. The van der Waals surface area contributed by atoms with E-state index >= 15 is 0 Å². The highest BCUT2D eigenvalue weighted by Gasteiger charge is 2.27. The third kappa shape index (κ3) is 2.10. The zero-order valence-corrected chi connectivity index (χ0v) is 10.5. The molecular formula is C11H9Cl2NO3. The summed E-state index contributed by atoms with van der Waals surface area (Å²) in [6.45, 7) is -0.0896. The molecule has 0 aliphatic carbocycles. The second kappa shape index (κ2) is 4.55. The number of hydrogen-bond acceptors (Lipinski definition) is 3. The van der Waals surface area contributed by atoms with Gasteiger partial charge in [-0.25, -0.2) is 0 Å². The van der Waals surface area contributed by atoms with Gasteiger partial charge in [0.2, 0.25) is 0 Å². The molecule has 0 saturated heterocycles. The quantitative estimate of drug-likeness (QED) is 0.613. The molecule has 2 rings (SSSR count). The van der Waals surface area contributed by atoms with Crippen molar-refractivity contribution in [2.75, 3.05) is 24.4 Å². The van der Waals surface area contributed by atoms with Crippen LogP contribution in [-0.2, 0) is 4.79 Å². The van der Waals surface area contributed by atoms with E-state index < -0.39 is 0 Å². The van der Waals surface area contributed by atoms with E-state index in [1.807, 2.05) is 0 Å². The summed E-state index contributed by atoms with van der Waals surface area (Å²) in [4.78, 5) is 24.5. The molecule has 1 aromatic rings. The summed E-state index contributed by atoms with van der Waals surface area (Å²) in [6.07, 6.45) is 0. The number of anilines is 1. The van der Waals surface area contributed by atoms with Crippen LogP contribution in [0.25, 0.3) is 0 Å². The Bertz CT molecular complexity index is 502. The minimum absolute atomic E-state index is 0.0896.